The molecule has 0 atom stereocenters. The maximum Gasteiger partial charge on any atom is 0.271 e. The number of fused-ring (bicyclic) bond motifs is 1. The number of H-pyrrole nitrogens is 1. The number of nitrogens with one attached hydrogen (secondary N) is 2. The van der Waals surface area contributed by atoms with E-state index in [0.29, 0.717) is 23.5 Å². The molecule has 1 heterocycles. The molecule has 0 saturated heterocycles. The molecule has 2 rings (SSSR count). The first-order valence-electron chi connectivity index (χ1n) is 5.45. The first kappa shape index (κ1) is 12.3. The third-order valence-corrected chi connectivity index (χ3v) is 2.36. The fraction of sp³-hybridized carbons (Fsp3) is 0.364. The van der Waals surface area contributed by atoms with Crippen LogP contribution in [0.15, 0.2) is 18.2 Å². The summed E-state index contributed by atoms with van der Waals surface area (Å²) >= 11 is 0. The summed E-state index contributed by atoms with van der Waals surface area (Å²) in [4.78, 5) is 17.3. The molecule has 0 bridgehead atoms. The highest BCUT2D eigenvalue weighted by Crippen LogP contribution is 2.20. The summed E-state index contributed by atoms with van der Waals surface area (Å²) in [6, 6.07) is 4.42. The van der Waals surface area contributed by atoms with Crippen LogP contribution in [0.2, 0.25) is 0 Å². The van der Waals surface area contributed by atoms with Crippen LogP contribution in [0.4, 0.5) is 11.6 Å². The van der Waals surface area contributed by atoms with Gasteiger partial charge in [-0.05, 0) is 19.9 Å². The van der Waals surface area contributed by atoms with Crippen molar-refractivity contribution < 1.29 is 10.0 Å². The zero-order valence-electron chi connectivity index (χ0n) is 10.1. The van der Waals surface area contributed by atoms with Gasteiger partial charge in [0.05, 0.1) is 21.6 Å². The Labute approximate surface area is 103 Å². The Morgan fingerprint density at radius 2 is 2.28 bits per heavy atom. The second-order valence-corrected chi connectivity index (χ2v) is 4.71. The van der Waals surface area contributed by atoms with E-state index in [1.165, 1.54) is 12.1 Å². The molecule has 0 unspecified atom stereocenters. The summed E-state index contributed by atoms with van der Waals surface area (Å²) in [5.74, 6) is 0.479. The van der Waals surface area contributed by atoms with E-state index in [9.17, 15) is 15.2 Å². The average Bonchev–Trinajstić information content (AvgIpc) is 2.66. The Kier molecular flexibility index (Phi) is 2.92. The van der Waals surface area contributed by atoms with E-state index in [1.807, 2.05) is 0 Å². The average molecular weight is 250 g/mol. The highest BCUT2D eigenvalue weighted by atomic mass is 16.6. The minimum atomic E-state index is -0.856. The molecule has 2 aromatic rings. The van der Waals surface area contributed by atoms with Gasteiger partial charge in [0.15, 0.2) is 0 Å². The first-order chi connectivity index (χ1) is 8.35. The van der Waals surface area contributed by atoms with Crippen LogP contribution >= 0.6 is 0 Å². The summed E-state index contributed by atoms with van der Waals surface area (Å²) in [6.07, 6.45) is 0. The highest BCUT2D eigenvalue weighted by molar-refractivity contribution is 5.79. The Morgan fingerprint density at radius 3 is 2.89 bits per heavy atom. The second-order valence-electron chi connectivity index (χ2n) is 4.71. The van der Waals surface area contributed by atoms with Gasteiger partial charge in [0, 0.05) is 18.7 Å². The maximum absolute atomic E-state index is 10.6. The minimum absolute atomic E-state index is 0.0141. The molecular weight excluding hydrogens is 236 g/mol. The molecule has 0 saturated carbocycles. The smallest absolute Gasteiger partial charge is 0.271 e. The Bertz CT molecular complexity index is 585. The summed E-state index contributed by atoms with van der Waals surface area (Å²) in [5.41, 5.74) is 0.381. The molecule has 0 aliphatic heterocycles. The molecule has 96 valence electrons. The first-order valence-corrected chi connectivity index (χ1v) is 5.45. The van der Waals surface area contributed by atoms with Crippen LogP contribution < -0.4 is 5.32 Å². The van der Waals surface area contributed by atoms with Gasteiger partial charge in [0.2, 0.25) is 5.95 Å². The number of imidazole rings is 1. The number of hydrogen-bond acceptors (Lipinski definition) is 5. The lowest BCUT2D eigenvalue weighted by Crippen LogP contribution is -2.29. The molecule has 3 N–H and O–H groups in total. The maximum atomic E-state index is 10.6. The number of aromatic amines is 1. The number of benzene rings is 1. The number of hydrogen-bond donors (Lipinski definition) is 3. The molecule has 7 nitrogen and oxygen atoms in total. The minimum Gasteiger partial charge on any atom is -0.389 e. The monoisotopic (exact) mass is 250 g/mol. The summed E-state index contributed by atoms with van der Waals surface area (Å²) in [5, 5.41) is 23.1. The van der Waals surface area contributed by atoms with E-state index in [4.69, 9.17) is 0 Å². The van der Waals surface area contributed by atoms with Crippen LogP contribution in [-0.4, -0.2) is 32.1 Å². The quantitative estimate of drug-likeness (QED) is 0.565. The van der Waals surface area contributed by atoms with Crippen molar-refractivity contribution in [2.45, 2.75) is 19.4 Å². The van der Waals surface area contributed by atoms with Gasteiger partial charge in [-0.3, -0.25) is 10.1 Å². The molecule has 0 aliphatic carbocycles. The molecule has 0 aliphatic rings. The summed E-state index contributed by atoms with van der Waals surface area (Å²) in [7, 11) is 0. The number of nitrogens with zero attached hydrogens (tertiary/aromatic N) is 2. The SMILES string of the molecule is CC(C)(O)CNc1nc2ccc([N+](=O)[O-])cc2[nH]1. The Hall–Kier alpha value is -2.15. The normalized spacial score (nSPS) is 11.7. The van der Waals surface area contributed by atoms with E-state index in [-0.39, 0.29) is 5.69 Å². The van der Waals surface area contributed by atoms with Crippen molar-refractivity contribution in [2.75, 3.05) is 11.9 Å². The molecule has 0 amide bonds. The lowest BCUT2D eigenvalue weighted by molar-refractivity contribution is -0.384. The van der Waals surface area contributed by atoms with Crippen LogP contribution in [0.5, 0.6) is 0 Å². The number of rotatable bonds is 4. The van der Waals surface area contributed by atoms with Crippen LogP contribution in [0.1, 0.15) is 13.8 Å². The molecule has 1 aromatic carbocycles. The summed E-state index contributed by atoms with van der Waals surface area (Å²) < 4.78 is 0. The van der Waals surface area contributed by atoms with Crippen molar-refractivity contribution >= 4 is 22.7 Å². The zero-order valence-corrected chi connectivity index (χ0v) is 10.1. The number of non-ortho nitro benzene ring substituents is 1. The van der Waals surface area contributed by atoms with Crippen molar-refractivity contribution in [1.82, 2.24) is 9.97 Å². The largest absolute Gasteiger partial charge is 0.389 e. The van der Waals surface area contributed by atoms with Crippen LogP contribution in [0, 0.1) is 10.1 Å². The molecular formula is C11H14N4O3. The topological polar surface area (TPSA) is 104 Å². The fourth-order valence-corrected chi connectivity index (χ4v) is 1.49. The van der Waals surface area contributed by atoms with Crippen LogP contribution in [0.3, 0.4) is 0 Å². The van der Waals surface area contributed by atoms with Gasteiger partial charge >= 0.3 is 0 Å². The van der Waals surface area contributed by atoms with Gasteiger partial charge < -0.3 is 15.4 Å². The molecule has 0 fully saturated rings. The summed E-state index contributed by atoms with van der Waals surface area (Å²) in [6.45, 7) is 3.68. The molecule has 18 heavy (non-hydrogen) atoms. The number of aliphatic hydroxyl groups is 1. The number of anilines is 1. The van der Waals surface area contributed by atoms with Crippen LogP contribution in [0.25, 0.3) is 11.0 Å². The van der Waals surface area contributed by atoms with E-state index < -0.39 is 10.5 Å². The van der Waals surface area contributed by atoms with Gasteiger partial charge in [-0.15, -0.1) is 0 Å². The number of nitro groups is 1. The molecule has 7 heteroatoms. The van der Waals surface area contributed by atoms with Crippen molar-refractivity contribution in [3.63, 3.8) is 0 Å². The lowest BCUT2D eigenvalue weighted by Gasteiger charge is -2.16. The number of aromatic nitrogens is 2. The van der Waals surface area contributed by atoms with Gasteiger partial charge in [-0.1, -0.05) is 0 Å². The standard InChI is InChI=1S/C11H14N4O3/c1-11(2,16)6-12-10-13-8-4-3-7(15(17)18)5-9(8)14-10/h3-5,16H,6H2,1-2H3,(H2,12,13,14). The van der Waals surface area contributed by atoms with Crippen molar-refractivity contribution in [1.29, 1.82) is 0 Å². The third kappa shape index (κ3) is 2.75. The van der Waals surface area contributed by atoms with E-state index in [1.54, 1.807) is 19.9 Å². The van der Waals surface area contributed by atoms with Crippen LogP contribution in [-0.2, 0) is 0 Å². The van der Waals surface area contributed by atoms with Gasteiger partial charge in [0.1, 0.15) is 0 Å². The van der Waals surface area contributed by atoms with E-state index in [2.05, 4.69) is 15.3 Å². The van der Waals surface area contributed by atoms with Gasteiger partial charge in [-0.2, -0.15) is 0 Å². The molecule has 0 radical (unpaired) electrons. The highest BCUT2D eigenvalue weighted by Gasteiger charge is 2.14. The Balaban J connectivity index is 2.24. The van der Waals surface area contributed by atoms with E-state index >= 15 is 0 Å². The third-order valence-electron chi connectivity index (χ3n) is 2.36. The number of nitro benzene ring substituents is 1. The van der Waals surface area contributed by atoms with Gasteiger partial charge in [-0.25, -0.2) is 4.98 Å². The predicted molar refractivity (Wildman–Crippen MR) is 67.5 cm³/mol. The lowest BCUT2D eigenvalue weighted by atomic mass is 10.1. The fourth-order valence-electron chi connectivity index (χ4n) is 1.49. The van der Waals surface area contributed by atoms with Gasteiger partial charge in [0.25, 0.3) is 5.69 Å². The van der Waals surface area contributed by atoms with Crippen molar-refractivity contribution in [2.24, 2.45) is 0 Å². The van der Waals surface area contributed by atoms with Crippen molar-refractivity contribution in [3.8, 4) is 0 Å². The van der Waals surface area contributed by atoms with Crippen molar-refractivity contribution in [3.05, 3.63) is 28.3 Å². The van der Waals surface area contributed by atoms with E-state index in [0.717, 1.165) is 0 Å². The zero-order chi connectivity index (χ0) is 13.3. The Morgan fingerprint density at radius 1 is 1.56 bits per heavy atom. The second kappa shape index (κ2) is 4.26. The molecule has 1 aromatic heterocycles. The predicted octanol–water partition coefficient (Wildman–Crippen LogP) is 1.65. The molecule has 0 spiro atoms.